The van der Waals surface area contributed by atoms with Crippen LogP contribution in [0.15, 0.2) is 17.0 Å². The molecule has 1 N–H and O–H groups in total. The molecular formula is C6H3NO3. The van der Waals surface area contributed by atoms with Crippen LogP contribution in [0.1, 0.15) is 5.56 Å². The lowest BCUT2D eigenvalue weighted by atomic mass is 10.4. The van der Waals surface area contributed by atoms with Gasteiger partial charge in [-0.25, -0.2) is 4.79 Å². The number of carboxylic acids is 1. The van der Waals surface area contributed by atoms with Gasteiger partial charge in [0.1, 0.15) is 6.26 Å². The van der Waals surface area contributed by atoms with E-state index in [9.17, 15) is 4.79 Å². The lowest BCUT2D eigenvalue weighted by Gasteiger charge is -1.69. The summed E-state index contributed by atoms with van der Waals surface area (Å²) in [5, 5.41) is 11.4. The highest BCUT2D eigenvalue weighted by Gasteiger charge is 1.88. The van der Waals surface area contributed by atoms with Crippen LogP contribution in [0.2, 0.25) is 0 Å². The van der Waals surface area contributed by atoms with Crippen molar-refractivity contribution in [2.45, 2.75) is 0 Å². The third-order valence-corrected chi connectivity index (χ3v) is 0.746. The minimum absolute atomic E-state index is 0.461. The molecule has 0 aliphatic heterocycles. The largest absolute Gasteiger partial charge is 0.472 e. The van der Waals surface area contributed by atoms with Gasteiger partial charge in [-0.2, -0.15) is 0 Å². The highest BCUT2D eigenvalue weighted by Crippen LogP contribution is 1.90. The maximum Gasteiger partial charge on any atom is 0.382 e. The Bertz CT molecular complexity index is 278. The molecule has 1 heterocycles. The van der Waals surface area contributed by atoms with Gasteiger partial charge in [0, 0.05) is 5.92 Å². The lowest BCUT2D eigenvalue weighted by molar-refractivity contribution is -0.130. The average molecular weight is 137 g/mol. The second-order valence-corrected chi connectivity index (χ2v) is 1.47. The van der Waals surface area contributed by atoms with Crippen LogP contribution in [-0.2, 0) is 4.79 Å². The van der Waals surface area contributed by atoms with Crippen LogP contribution in [0.4, 0.5) is 0 Å². The Morgan fingerprint density at radius 1 is 1.80 bits per heavy atom. The van der Waals surface area contributed by atoms with E-state index >= 15 is 0 Å². The molecule has 0 aliphatic carbocycles. The molecule has 4 heteroatoms. The number of hydrogen-bond donors (Lipinski definition) is 1. The molecule has 0 unspecified atom stereocenters. The molecule has 0 atom stereocenters. The Morgan fingerprint density at radius 3 is 3.10 bits per heavy atom. The smallest absolute Gasteiger partial charge is 0.382 e. The van der Waals surface area contributed by atoms with Crippen molar-refractivity contribution in [2.24, 2.45) is 0 Å². The van der Waals surface area contributed by atoms with Crippen LogP contribution >= 0.6 is 0 Å². The summed E-state index contributed by atoms with van der Waals surface area (Å²) >= 11 is 0. The van der Waals surface area contributed by atoms with Gasteiger partial charge in [-0.1, -0.05) is 5.16 Å². The van der Waals surface area contributed by atoms with Gasteiger partial charge in [0.25, 0.3) is 0 Å². The molecule has 0 amide bonds. The zero-order chi connectivity index (χ0) is 7.40. The summed E-state index contributed by atoms with van der Waals surface area (Å²) in [7, 11) is 0. The standard InChI is InChI=1S/C6H3NO3/c8-6(9)2-1-5-3-7-10-4-5/h3-4H,(H,8,9). The topological polar surface area (TPSA) is 63.3 Å². The second kappa shape index (κ2) is 2.69. The van der Waals surface area contributed by atoms with E-state index in [2.05, 4.69) is 15.6 Å². The lowest BCUT2D eigenvalue weighted by Crippen LogP contribution is -1.86. The van der Waals surface area contributed by atoms with Crippen LogP contribution in [-0.4, -0.2) is 16.2 Å². The van der Waals surface area contributed by atoms with Gasteiger partial charge in [0.2, 0.25) is 0 Å². The number of rotatable bonds is 0. The monoisotopic (exact) mass is 137 g/mol. The van der Waals surface area contributed by atoms with E-state index in [1.165, 1.54) is 12.5 Å². The number of nitrogens with zero attached hydrogens (tertiary/aromatic N) is 1. The molecule has 0 bridgehead atoms. The first-order valence-electron chi connectivity index (χ1n) is 2.43. The van der Waals surface area contributed by atoms with Crippen molar-refractivity contribution in [3.8, 4) is 11.8 Å². The Labute approximate surface area is 56.4 Å². The van der Waals surface area contributed by atoms with Crippen molar-refractivity contribution in [1.82, 2.24) is 5.16 Å². The summed E-state index contributed by atoms with van der Waals surface area (Å²) < 4.78 is 4.40. The van der Waals surface area contributed by atoms with E-state index in [0.29, 0.717) is 5.56 Å². The molecule has 0 saturated carbocycles. The normalized spacial score (nSPS) is 8.00. The Kier molecular flexibility index (Phi) is 1.71. The van der Waals surface area contributed by atoms with E-state index in [-0.39, 0.29) is 0 Å². The molecule has 4 nitrogen and oxygen atoms in total. The minimum atomic E-state index is -1.17. The van der Waals surface area contributed by atoms with Gasteiger partial charge in [-0.3, -0.25) is 0 Å². The highest BCUT2D eigenvalue weighted by atomic mass is 16.5. The molecule has 0 fully saturated rings. The Morgan fingerprint density at radius 2 is 2.60 bits per heavy atom. The third kappa shape index (κ3) is 1.63. The first kappa shape index (κ1) is 6.36. The van der Waals surface area contributed by atoms with E-state index in [0.717, 1.165) is 0 Å². The zero-order valence-corrected chi connectivity index (χ0v) is 4.87. The van der Waals surface area contributed by atoms with Gasteiger partial charge in [-0.15, -0.1) is 0 Å². The first-order valence-corrected chi connectivity index (χ1v) is 2.43. The molecule has 0 saturated heterocycles. The summed E-state index contributed by atoms with van der Waals surface area (Å²) in [6, 6.07) is 0. The van der Waals surface area contributed by atoms with Gasteiger partial charge >= 0.3 is 5.97 Å². The van der Waals surface area contributed by atoms with Gasteiger partial charge in [0.15, 0.2) is 0 Å². The number of aromatic nitrogens is 1. The summed E-state index contributed by atoms with van der Waals surface area (Å²) in [6.45, 7) is 0. The zero-order valence-electron chi connectivity index (χ0n) is 4.87. The van der Waals surface area contributed by atoms with Gasteiger partial charge in [0.05, 0.1) is 11.8 Å². The molecule has 1 aromatic heterocycles. The molecule has 1 rings (SSSR count). The summed E-state index contributed by atoms with van der Waals surface area (Å²) in [4.78, 5) is 9.87. The summed E-state index contributed by atoms with van der Waals surface area (Å²) in [5.41, 5.74) is 0.461. The maximum absolute atomic E-state index is 9.87. The number of aliphatic carboxylic acids is 1. The summed E-state index contributed by atoms with van der Waals surface area (Å²) in [5.74, 6) is 3.07. The first-order chi connectivity index (χ1) is 4.79. The third-order valence-electron chi connectivity index (χ3n) is 0.746. The Hall–Kier alpha value is -1.76. The van der Waals surface area contributed by atoms with Crippen molar-refractivity contribution in [1.29, 1.82) is 0 Å². The van der Waals surface area contributed by atoms with Crippen molar-refractivity contribution >= 4 is 5.97 Å². The van der Waals surface area contributed by atoms with Crippen LogP contribution < -0.4 is 0 Å². The van der Waals surface area contributed by atoms with Gasteiger partial charge < -0.3 is 9.63 Å². The van der Waals surface area contributed by atoms with Crippen molar-refractivity contribution < 1.29 is 14.4 Å². The second-order valence-electron chi connectivity index (χ2n) is 1.47. The van der Waals surface area contributed by atoms with Crippen LogP contribution in [0, 0.1) is 11.8 Å². The highest BCUT2D eigenvalue weighted by molar-refractivity contribution is 5.87. The Balaban J connectivity index is 2.75. The molecule has 0 radical (unpaired) electrons. The fraction of sp³-hybridized carbons (Fsp3) is 0. The van der Waals surface area contributed by atoms with Crippen LogP contribution in [0.3, 0.4) is 0 Å². The number of carbonyl (C=O) groups is 1. The van der Waals surface area contributed by atoms with Crippen LogP contribution in [0.5, 0.6) is 0 Å². The SMILES string of the molecule is O=C(O)C#Cc1cnoc1. The summed E-state index contributed by atoms with van der Waals surface area (Å²) in [6.07, 6.45) is 2.62. The molecule has 0 aliphatic rings. The van der Waals surface area contributed by atoms with E-state index in [1.54, 1.807) is 0 Å². The minimum Gasteiger partial charge on any atom is -0.472 e. The fourth-order valence-electron chi connectivity index (χ4n) is 0.392. The van der Waals surface area contributed by atoms with E-state index in [1.807, 2.05) is 5.92 Å². The van der Waals surface area contributed by atoms with E-state index in [4.69, 9.17) is 5.11 Å². The molecule has 50 valence electrons. The quantitative estimate of drug-likeness (QED) is 0.515. The van der Waals surface area contributed by atoms with Crippen molar-refractivity contribution in [2.75, 3.05) is 0 Å². The van der Waals surface area contributed by atoms with Gasteiger partial charge in [-0.05, 0) is 5.92 Å². The van der Waals surface area contributed by atoms with Crippen molar-refractivity contribution in [3.63, 3.8) is 0 Å². The van der Waals surface area contributed by atoms with Crippen LogP contribution in [0.25, 0.3) is 0 Å². The molecule has 0 spiro atoms. The number of carboxylic acid groups (broad SMARTS) is 1. The van der Waals surface area contributed by atoms with Crippen molar-refractivity contribution in [3.05, 3.63) is 18.0 Å². The average Bonchev–Trinajstić information content (AvgIpc) is 2.34. The molecule has 0 aromatic carbocycles. The van der Waals surface area contributed by atoms with E-state index < -0.39 is 5.97 Å². The molecular weight excluding hydrogens is 134 g/mol. The molecule has 10 heavy (non-hydrogen) atoms. The predicted molar refractivity (Wildman–Crippen MR) is 31.0 cm³/mol. The number of hydrogen-bond acceptors (Lipinski definition) is 3. The predicted octanol–water partition coefficient (Wildman–Crippen LogP) is 0.111. The molecule has 1 aromatic rings. The maximum atomic E-state index is 9.87. The fourth-order valence-corrected chi connectivity index (χ4v) is 0.392.